The number of likely N-dealkylation sites (N-methyl/N-ethyl adjacent to an activating group) is 2. The second-order valence-corrected chi connectivity index (χ2v) is 5.96. The van der Waals surface area contributed by atoms with Gasteiger partial charge in [-0.25, -0.2) is 0 Å². The van der Waals surface area contributed by atoms with Crippen LogP contribution in [0, 0.1) is 0 Å². The maximum absolute atomic E-state index is 12.3. The number of benzene rings is 1. The Hall–Kier alpha value is -2.34. The topological polar surface area (TPSA) is 63.1 Å². The summed E-state index contributed by atoms with van der Waals surface area (Å²) in [7, 11) is 3.41. The summed E-state index contributed by atoms with van der Waals surface area (Å²) >= 11 is 0. The normalized spacial score (nSPS) is 11.5. The van der Waals surface area contributed by atoms with E-state index < -0.39 is 0 Å². The van der Waals surface area contributed by atoms with Crippen LogP contribution in [0.5, 0.6) is 5.75 Å². The Kier molecular flexibility index (Phi) is 7.98. The molecular weight excluding hydrogens is 306 g/mol. The van der Waals surface area contributed by atoms with E-state index in [9.17, 15) is 9.59 Å². The van der Waals surface area contributed by atoms with Gasteiger partial charge < -0.3 is 19.9 Å². The first-order chi connectivity index (χ1) is 11.3. The Morgan fingerprint density at radius 2 is 2.04 bits per heavy atom. The summed E-state index contributed by atoms with van der Waals surface area (Å²) in [5.41, 5.74) is 1.62. The monoisotopic (exact) mass is 334 g/mol. The second kappa shape index (κ2) is 9.72. The summed E-state index contributed by atoms with van der Waals surface area (Å²) in [6.07, 6.45) is 0. The molecule has 0 aromatic heterocycles. The van der Waals surface area contributed by atoms with Crippen LogP contribution >= 0.6 is 0 Å². The van der Waals surface area contributed by atoms with Crippen LogP contribution in [0.3, 0.4) is 0 Å². The molecule has 2 amide bonds. The molecule has 0 radical (unpaired) electrons. The van der Waals surface area contributed by atoms with Crippen molar-refractivity contribution in [2.45, 2.75) is 13.8 Å². The fraction of sp³-hybridized carbons (Fsp3) is 0.444. The third-order valence-electron chi connectivity index (χ3n) is 3.46. The van der Waals surface area contributed by atoms with Crippen LogP contribution in [0.2, 0.25) is 0 Å². The van der Waals surface area contributed by atoms with E-state index in [2.05, 4.69) is 11.9 Å². The number of nitrogens with zero attached hydrogens (tertiary/aromatic N) is 1. The Morgan fingerprint density at radius 1 is 1.33 bits per heavy atom. The van der Waals surface area contributed by atoms with E-state index in [-0.39, 0.29) is 24.9 Å². The molecule has 0 bridgehead atoms. The molecule has 1 unspecified atom stereocenters. The van der Waals surface area contributed by atoms with Crippen molar-refractivity contribution in [1.29, 1.82) is 0 Å². The molecule has 0 aliphatic carbocycles. The van der Waals surface area contributed by atoms with Gasteiger partial charge in [-0.3, -0.25) is 9.59 Å². The van der Waals surface area contributed by atoms with E-state index in [4.69, 9.17) is 4.74 Å². The molecule has 1 aromatic rings. The molecule has 0 fully saturated rings. The van der Waals surface area contributed by atoms with Gasteiger partial charge in [-0.15, -0.1) is 0 Å². The van der Waals surface area contributed by atoms with Crippen molar-refractivity contribution in [2.75, 3.05) is 45.7 Å². The minimum absolute atomic E-state index is 0.0205. The van der Waals surface area contributed by atoms with Crippen molar-refractivity contribution in [2.24, 2.45) is 0 Å². The van der Waals surface area contributed by atoms with Gasteiger partial charge in [0.05, 0.1) is 14.2 Å². The predicted molar refractivity (Wildman–Crippen MR) is 95.3 cm³/mol. The van der Waals surface area contributed by atoms with Crippen molar-refractivity contribution in [3.63, 3.8) is 0 Å². The van der Waals surface area contributed by atoms with Gasteiger partial charge in [-0.05, 0) is 26.0 Å². The van der Waals surface area contributed by atoms with Crippen LogP contribution in [0.1, 0.15) is 13.8 Å². The number of quaternary nitrogens is 1. The van der Waals surface area contributed by atoms with E-state index >= 15 is 0 Å². The Bertz CT molecular complexity index is 587. The number of rotatable bonds is 9. The number of amides is 2. The lowest BCUT2D eigenvalue weighted by Crippen LogP contribution is -3.11. The Morgan fingerprint density at radius 3 is 2.62 bits per heavy atom. The lowest BCUT2D eigenvalue weighted by Gasteiger charge is -2.22. The summed E-state index contributed by atoms with van der Waals surface area (Å²) < 4.78 is 5.13. The fourth-order valence-corrected chi connectivity index (χ4v) is 2.31. The van der Waals surface area contributed by atoms with Gasteiger partial charge in [-0.1, -0.05) is 18.2 Å². The molecule has 6 heteroatoms. The number of ether oxygens (including phenoxy) is 1. The third-order valence-corrected chi connectivity index (χ3v) is 3.46. The van der Waals surface area contributed by atoms with Gasteiger partial charge in [0.15, 0.2) is 13.1 Å². The van der Waals surface area contributed by atoms with E-state index in [0.29, 0.717) is 24.5 Å². The maximum atomic E-state index is 12.3. The first-order valence-electron chi connectivity index (χ1n) is 8.03. The molecule has 24 heavy (non-hydrogen) atoms. The van der Waals surface area contributed by atoms with Crippen molar-refractivity contribution in [3.8, 4) is 5.75 Å². The average molecular weight is 334 g/mol. The smallest absolute Gasteiger partial charge is 0.279 e. The van der Waals surface area contributed by atoms with E-state index in [0.717, 1.165) is 10.5 Å². The number of carbonyl (C=O) groups excluding carboxylic acids is 2. The molecule has 0 saturated heterocycles. The molecule has 6 nitrogen and oxygen atoms in total. The number of nitrogens with one attached hydrogen (secondary N) is 2. The van der Waals surface area contributed by atoms with Crippen LogP contribution in [0.25, 0.3) is 0 Å². The average Bonchev–Trinajstić information content (AvgIpc) is 2.51. The molecule has 0 heterocycles. The Balaban J connectivity index is 2.51. The van der Waals surface area contributed by atoms with Gasteiger partial charge in [0.2, 0.25) is 0 Å². The van der Waals surface area contributed by atoms with Gasteiger partial charge in [0, 0.05) is 24.8 Å². The number of carbonyl (C=O) groups is 2. The summed E-state index contributed by atoms with van der Waals surface area (Å²) in [6.45, 7) is 9.35. The van der Waals surface area contributed by atoms with Gasteiger partial charge in [-0.2, -0.15) is 0 Å². The minimum atomic E-state index is -0.142. The zero-order valence-electron chi connectivity index (χ0n) is 15.0. The first-order valence-corrected chi connectivity index (χ1v) is 8.03. The SMILES string of the molecule is C=C(C)CN(CC)C(=O)C[NH+](C)CC(=O)Nc1cccc(OC)c1. The van der Waals surface area contributed by atoms with Crippen LogP contribution in [-0.2, 0) is 9.59 Å². The van der Waals surface area contributed by atoms with Crippen molar-refractivity contribution in [3.05, 3.63) is 36.4 Å². The first kappa shape index (κ1) is 19.7. The molecule has 0 aliphatic rings. The van der Waals surface area contributed by atoms with Crippen molar-refractivity contribution >= 4 is 17.5 Å². The largest absolute Gasteiger partial charge is 0.497 e. The lowest BCUT2D eigenvalue weighted by atomic mass is 10.3. The number of methoxy groups -OCH3 is 1. The fourth-order valence-electron chi connectivity index (χ4n) is 2.31. The third kappa shape index (κ3) is 6.83. The van der Waals surface area contributed by atoms with Crippen LogP contribution in [0.4, 0.5) is 5.69 Å². The van der Waals surface area contributed by atoms with Crippen LogP contribution in [0.15, 0.2) is 36.4 Å². The summed E-state index contributed by atoms with van der Waals surface area (Å²) in [5, 5.41) is 2.82. The van der Waals surface area contributed by atoms with E-state index in [1.54, 1.807) is 24.1 Å². The molecule has 0 saturated carbocycles. The maximum Gasteiger partial charge on any atom is 0.279 e. The summed E-state index contributed by atoms with van der Waals surface area (Å²) in [4.78, 5) is 26.9. The Labute approximate surface area is 144 Å². The highest BCUT2D eigenvalue weighted by atomic mass is 16.5. The summed E-state index contributed by atoms with van der Waals surface area (Å²) in [5.74, 6) is 0.561. The highest BCUT2D eigenvalue weighted by Gasteiger charge is 2.18. The minimum Gasteiger partial charge on any atom is -0.497 e. The van der Waals surface area contributed by atoms with Crippen LogP contribution < -0.4 is 15.0 Å². The van der Waals surface area contributed by atoms with E-state index in [1.165, 1.54) is 0 Å². The second-order valence-electron chi connectivity index (χ2n) is 5.96. The van der Waals surface area contributed by atoms with Gasteiger partial charge in [0.25, 0.3) is 11.8 Å². The number of hydrogen-bond acceptors (Lipinski definition) is 3. The molecule has 1 aromatic carbocycles. The highest BCUT2D eigenvalue weighted by molar-refractivity contribution is 5.91. The zero-order valence-corrected chi connectivity index (χ0v) is 15.0. The van der Waals surface area contributed by atoms with E-state index in [1.807, 2.05) is 33.0 Å². The molecular formula is C18H28N3O3+. The van der Waals surface area contributed by atoms with Crippen LogP contribution in [-0.4, -0.2) is 57.1 Å². The quantitative estimate of drug-likeness (QED) is 0.649. The summed E-state index contributed by atoms with van der Waals surface area (Å²) in [6, 6.07) is 7.18. The van der Waals surface area contributed by atoms with Gasteiger partial charge in [0.1, 0.15) is 5.75 Å². The number of hydrogen-bond donors (Lipinski definition) is 2. The van der Waals surface area contributed by atoms with Gasteiger partial charge >= 0.3 is 0 Å². The molecule has 0 aliphatic heterocycles. The molecule has 1 rings (SSSR count). The molecule has 0 spiro atoms. The van der Waals surface area contributed by atoms with Crippen molar-refractivity contribution in [1.82, 2.24) is 4.90 Å². The zero-order chi connectivity index (χ0) is 18.1. The molecule has 2 N–H and O–H groups in total. The predicted octanol–water partition coefficient (Wildman–Crippen LogP) is 0.573. The molecule has 132 valence electrons. The lowest BCUT2D eigenvalue weighted by molar-refractivity contribution is -0.862. The standard InChI is InChI=1S/C18H27N3O3/c1-6-21(11-14(2)3)18(23)13-20(4)12-17(22)19-15-8-7-9-16(10-15)24-5/h7-10H,2,6,11-13H2,1,3-5H3,(H,19,22)/p+1. The molecule has 1 atom stereocenters. The number of anilines is 1. The highest BCUT2D eigenvalue weighted by Crippen LogP contribution is 2.16. The van der Waals surface area contributed by atoms with Crippen molar-refractivity contribution < 1.29 is 19.2 Å².